The number of aromatic nitrogens is 1. The molecule has 4 heteroatoms. The Morgan fingerprint density at radius 1 is 1.39 bits per heavy atom. The van der Waals surface area contributed by atoms with Crippen molar-refractivity contribution < 1.29 is 4.79 Å². The fourth-order valence-electron chi connectivity index (χ4n) is 2.86. The van der Waals surface area contributed by atoms with Crippen LogP contribution < -0.4 is 0 Å². The maximum Gasteiger partial charge on any atom is 0.219 e. The lowest BCUT2D eigenvalue weighted by molar-refractivity contribution is -0.129. The molecule has 3 heterocycles. The van der Waals surface area contributed by atoms with Gasteiger partial charge in [-0.15, -0.1) is 0 Å². The number of rotatable bonds is 1. The molecule has 1 fully saturated rings. The molecule has 18 heavy (non-hydrogen) atoms. The van der Waals surface area contributed by atoms with Gasteiger partial charge in [-0.05, 0) is 25.0 Å². The minimum absolute atomic E-state index is 0.184. The lowest BCUT2D eigenvalue weighted by Gasteiger charge is -2.31. The van der Waals surface area contributed by atoms with Crippen molar-refractivity contribution in [1.29, 1.82) is 0 Å². The predicted molar refractivity (Wildman–Crippen MR) is 69.5 cm³/mol. The Balaban J connectivity index is 1.73. The van der Waals surface area contributed by atoms with Crippen LogP contribution in [0.5, 0.6) is 0 Å². The number of aliphatic imine (C=N–C) groups is 1. The zero-order valence-electron chi connectivity index (χ0n) is 10.6. The van der Waals surface area contributed by atoms with E-state index in [-0.39, 0.29) is 5.91 Å². The van der Waals surface area contributed by atoms with E-state index in [1.807, 2.05) is 17.2 Å². The van der Waals surface area contributed by atoms with E-state index in [4.69, 9.17) is 0 Å². The summed E-state index contributed by atoms with van der Waals surface area (Å²) in [6, 6.07) is 4.09. The van der Waals surface area contributed by atoms with E-state index in [9.17, 15) is 4.79 Å². The molecule has 0 radical (unpaired) electrons. The van der Waals surface area contributed by atoms with Crippen LogP contribution in [0.3, 0.4) is 0 Å². The fourth-order valence-corrected chi connectivity index (χ4v) is 2.86. The third-order valence-electron chi connectivity index (χ3n) is 3.89. The molecule has 0 aliphatic carbocycles. The second-order valence-electron chi connectivity index (χ2n) is 4.98. The summed E-state index contributed by atoms with van der Waals surface area (Å²) in [4.78, 5) is 22.3. The summed E-state index contributed by atoms with van der Waals surface area (Å²) >= 11 is 0. The van der Waals surface area contributed by atoms with Crippen molar-refractivity contribution in [1.82, 2.24) is 9.88 Å². The van der Waals surface area contributed by atoms with Gasteiger partial charge in [0, 0.05) is 43.4 Å². The van der Waals surface area contributed by atoms with Crippen LogP contribution in [0.4, 0.5) is 0 Å². The van der Waals surface area contributed by atoms with Crippen LogP contribution in [-0.4, -0.2) is 34.6 Å². The number of nitrogens with zero attached hydrogens (tertiary/aromatic N) is 3. The highest BCUT2D eigenvalue weighted by Crippen LogP contribution is 2.27. The molecule has 0 atom stereocenters. The third kappa shape index (κ3) is 1.92. The number of carbonyl (C=O) groups is 1. The normalized spacial score (nSPS) is 19.6. The molecule has 2 aliphatic heterocycles. The molecule has 2 aliphatic rings. The Kier molecular flexibility index (Phi) is 2.86. The number of piperidine rings is 1. The van der Waals surface area contributed by atoms with Crippen molar-refractivity contribution in [2.75, 3.05) is 13.1 Å². The monoisotopic (exact) mass is 243 g/mol. The molecule has 0 saturated carbocycles. The van der Waals surface area contributed by atoms with Gasteiger partial charge in [-0.25, -0.2) is 0 Å². The Morgan fingerprint density at radius 2 is 2.17 bits per heavy atom. The number of amides is 1. The molecule has 0 spiro atoms. The van der Waals surface area contributed by atoms with Crippen molar-refractivity contribution >= 4 is 11.6 Å². The van der Waals surface area contributed by atoms with E-state index < -0.39 is 0 Å². The second kappa shape index (κ2) is 4.52. The van der Waals surface area contributed by atoms with Crippen LogP contribution in [0.15, 0.2) is 23.3 Å². The summed E-state index contributed by atoms with van der Waals surface area (Å²) in [6.07, 6.45) is 3.87. The van der Waals surface area contributed by atoms with Gasteiger partial charge in [0.1, 0.15) is 0 Å². The first-order chi connectivity index (χ1) is 8.75. The molecule has 0 N–H and O–H groups in total. The largest absolute Gasteiger partial charge is 0.343 e. The number of hydrogen-bond acceptors (Lipinski definition) is 3. The highest BCUT2D eigenvalue weighted by atomic mass is 16.2. The van der Waals surface area contributed by atoms with Gasteiger partial charge in [0.15, 0.2) is 0 Å². The van der Waals surface area contributed by atoms with E-state index in [1.165, 1.54) is 11.3 Å². The maximum absolute atomic E-state index is 11.3. The lowest BCUT2D eigenvalue weighted by Crippen LogP contribution is -2.39. The highest BCUT2D eigenvalue weighted by Gasteiger charge is 2.28. The van der Waals surface area contributed by atoms with Gasteiger partial charge in [-0.3, -0.25) is 14.8 Å². The van der Waals surface area contributed by atoms with Gasteiger partial charge in [-0.2, -0.15) is 0 Å². The topological polar surface area (TPSA) is 45.6 Å². The standard InChI is InChI=1S/C14H17N3O/c1-10(18)17-7-4-11(5-8-17)14-12-3-2-6-15-13(12)9-16-14/h2-3,6,11H,4-5,7-9H2,1H3. The first-order valence-electron chi connectivity index (χ1n) is 6.50. The van der Waals surface area contributed by atoms with Crippen LogP contribution in [0.2, 0.25) is 0 Å². The summed E-state index contributed by atoms with van der Waals surface area (Å²) in [6.45, 7) is 4.08. The number of pyridine rings is 1. The number of likely N-dealkylation sites (tertiary alicyclic amines) is 1. The molecule has 0 bridgehead atoms. The van der Waals surface area contributed by atoms with E-state index in [1.54, 1.807) is 6.92 Å². The summed E-state index contributed by atoms with van der Waals surface area (Å²) in [5.74, 6) is 0.676. The van der Waals surface area contributed by atoms with E-state index in [0.29, 0.717) is 5.92 Å². The molecule has 1 aromatic rings. The minimum Gasteiger partial charge on any atom is -0.343 e. The molecule has 1 saturated heterocycles. The van der Waals surface area contributed by atoms with Crippen molar-refractivity contribution in [3.05, 3.63) is 29.6 Å². The molecular formula is C14H17N3O. The molecular weight excluding hydrogens is 226 g/mol. The van der Waals surface area contributed by atoms with Crippen LogP contribution in [0.1, 0.15) is 31.0 Å². The smallest absolute Gasteiger partial charge is 0.219 e. The molecule has 0 unspecified atom stereocenters. The minimum atomic E-state index is 0.184. The SMILES string of the molecule is CC(=O)N1CCC(C2=NCc3ncccc32)CC1. The maximum atomic E-state index is 11.3. The van der Waals surface area contributed by atoms with Crippen LogP contribution in [0, 0.1) is 5.92 Å². The van der Waals surface area contributed by atoms with Gasteiger partial charge >= 0.3 is 0 Å². The van der Waals surface area contributed by atoms with Crippen molar-refractivity contribution in [3.8, 4) is 0 Å². The average Bonchev–Trinajstić information content (AvgIpc) is 2.82. The zero-order chi connectivity index (χ0) is 12.5. The quantitative estimate of drug-likeness (QED) is 0.752. The molecule has 0 aromatic carbocycles. The average molecular weight is 243 g/mol. The Morgan fingerprint density at radius 3 is 2.89 bits per heavy atom. The summed E-state index contributed by atoms with van der Waals surface area (Å²) in [5, 5.41) is 0. The predicted octanol–water partition coefficient (Wildman–Crippen LogP) is 1.64. The Hall–Kier alpha value is -1.71. The van der Waals surface area contributed by atoms with Crippen molar-refractivity contribution in [3.63, 3.8) is 0 Å². The van der Waals surface area contributed by atoms with E-state index in [0.717, 1.165) is 38.2 Å². The van der Waals surface area contributed by atoms with Crippen molar-refractivity contribution in [2.24, 2.45) is 10.9 Å². The zero-order valence-corrected chi connectivity index (χ0v) is 10.6. The van der Waals surface area contributed by atoms with Gasteiger partial charge in [-0.1, -0.05) is 0 Å². The Bertz CT molecular complexity index is 502. The molecule has 1 amide bonds. The molecule has 4 nitrogen and oxygen atoms in total. The lowest BCUT2D eigenvalue weighted by atomic mass is 9.88. The third-order valence-corrected chi connectivity index (χ3v) is 3.89. The number of hydrogen-bond donors (Lipinski definition) is 0. The van der Waals surface area contributed by atoms with Gasteiger partial charge in [0.2, 0.25) is 5.91 Å². The second-order valence-corrected chi connectivity index (χ2v) is 4.98. The molecule has 1 aromatic heterocycles. The van der Waals surface area contributed by atoms with Crippen LogP contribution in [-0.2, 0) is 11.3 Å². The van der Waals surface area contributed by atoms with Crippen molar-refractivity contribution in [2.45, 2.75) is 26.3 Å². The first kappa shape index (κ1) is 11.4. The first-order valence-corrected chi connectivity index (χ1v) is 6.50. The van der Waals surface area contributed by atoms with Crippen LogP contribution >= 0.6 is 0 Å². The summed E-state index contributed by atoms with van der Waals surface area (Å²) in [5.41, 5.74) is 3.53. The fraction of sp³-hybridized carbons (Fsp3) is 0.500. The van der Waals surface area contributed by atoms with Gasteiger partial charge < -0.3 is 4.90 Å². The van der Waals surface area contributed by atoms with E-state index in [2.05, 4.69) is 16.0 Å². The van der Waals surface area contributed by atoms with Gasteiger partial charge in [0.25, 0.3) is 0 Å². The van der Waals surface area contributed by atoms with Gasteiger partial charge in [0.05, 0.1) is 12.2 Å². The van der Waals surface area contributed by atoms with E-state index >= 15 is 0 Å². The highest BCUT2D eigenvalue weighted by molar-refractivity contribution is 6.04. The number of fused-ring (bicyclic) bond motifs is 1. The molecule has 3 rings (SSSR count). The summed E-state index contributed by atoms with van der Waals surface area (Å²) < 4.78 is 0. The number of carbonyl (C=O) groups excluding carboxylic acids is 1. The molecule has 94 valence electrons. The Labute approximate surface area is 107 Å². The van der Waals surface area contributed by atoms with Crippen LogP contribution in [0.25, 0.3) is 0 Å². The summed E-state index contributed by atoms with van der Waals surface area (Å²) in [7, 11) is 0.